The van der Waals surface area contributed by atoms with Crippen molar-refractivity contribution in [3.8, 4) is 23.3 Å². The second kappa shape index (κ2) is 10.4. The second-order valence-electron chi connectivity index (χ2n) is 7.19. The lowest BCUT2D eigenvalue weighted by Gasteiger charge is -2.14. The summed E-state index contributed by atoms with van der Waals surface area (Å²) in [6.45, 7) is 2.02. The number of fused-ring (bicyclic) bond motifs is 1. The number of nitriles is 1. The number of oxazole rings is 1. The number of nitrogens with zero attached hydrogens (tertiary/aromatic N) is 4. The van der Waals surface area contributed by atoms with Gasteiger partial charge in [-0.25, -0.2) is 4.98 Å². The molecule has 36 heavy (non-hydrogen) atoms. The van der Waals surface area contributed by atoms with Gasteiger partial charge in [0.2, 0.25) is 11.6 Å². The molecule has 0 amide bonds. The van der Waals surface area contributed by atoms with E-state index < -0.39 is 21.2 Å². The topological polar surface area (TPSA) is 155 Å². The normalized spacial score (nSPS) is 11.2. The highest BCUT2D eigenvalue weighted by Crippen LogP contribution is 2.42. The molecule has 0 atom stereocenters. The Morgan fingerprint density at radius 3 is 2.58 bits per heavy atom. The van der Waals surface area contributed by atoms with Gasteiger partial charge in [-0.3, -0.25) is 20.2 Å². The fourth-order valence-corrected chi connectivity index (χ4v) is 4.02. The number of ether oxygens (including phenoxy) is 2. The summed E-state index contributed by atoms with van der Waals surface area (Å²) in [4.78, 5) is 25.4. The fraction of sp³-hybridized carbons (Fsp3) is 0.0833. The minimum Gasteiger partial charge on any atom is -0.490 e. The number of allylic oxidation sites excluding steroid dienone is 1. The molecule has 0 fully saturated rings. The number of benzene rings is 3. The number of hydrogen-bond acceptors (Lipinski definition) is 9. The summed E-state index contributed by atoms with van der Waals surface area (Å²) in [7, 11) is 0. The zero-order chi connectivity index (χ0) is 25.8. The van der Waals surface area contributed by atoms with Crippen molar-refractivity contribution in [3.05, 3.63) is 89.9 Å². The number of aromatic nitrogens is 1. The summed E-state index contributed by atoms with van der Waals surface area (Å²) in [6.07, 6.45) is 1.58. The molecular formula is C24H15IN4O7. The molecule has 0 aliphatic heterocycles. The van der Waals surface area contributed by atoms with Gasteiger partial charge < -0.3 is 13.9 Å². The van der Waals surface area contributed by atoms with Crippen LogP contribution in [-0.2, 0) is 0 Å². The van der Waals surface area contributed by atoms with Crippen LogP contribution in [-0.4, -0.2) is 21.4 Å². The molecule has 0 aliphatic carbocycles. The van der Waals surface area contributed by atoms with Crippen LogP contribution in [0.3, 0.4) is 0 Å². The Balaban J connectivity index is 1.75. The summed E-state index contributed by atoms with van der Waals surface area (Å²) in [5.41, 5.74) is 0.932. The number of nitro benzene ring substituents is 2. The summed E-state index contributed by atoms with van der Waals surface area (Å²) >= 11 is 1.98. The van der Waals surface area contributed by atoms with Crippen LogP contribution in [0, 0.1) is 35.1 Å². The number of non-ortho nitro benzene ring substituents is 1. The van der Waals surface area contributed by atoms with Crippen molar-refractivity contribution in [2.75, 3.05) is 6.61 Å². The van der Waals surface area contributed by atoms with E-state index in [1.54, 1.807) is 43.3 Å². The molecule has 0 spiro atoms. The Bertz CT molecular complexity index is 1540. The van der Waals surface area contributed by atoms with Crippen LogP contribution in [0.4, 0.5) is 11.4 Å². The van der Waals surface area contributed by atoms with Crippen molar-refractivity contribution >= 4 is 56.7 Å². The molecule has 1 heterocycles. The van der Waals surface area contributed by atoms with Gasteiger partial charge >= 0.3 is 5.69 Å². The zero-order valence-corrected chi connectivity index (χ0v) is 20.7. The minimum absolute atomic E-state index is 0.161. The molecule has 4 aromatic rings. The monoisotopic (exact) mass is 598 g/mol. The molecule has 12 heteroatoms. The average molecular weight is 598 g/mol. The second-order valence-corrected chi connectivity index (χ2v) is 8.35. The highest BCUT2D eigenvalue weighted by atomic mass is 127. The van der Waals surface area contributed by atoms with Gasteiger partial charge in [-0.15, -0.1) is 0 Å². The first-order valence-corrected chi connectivity index (χ1v) is 11.4. The highest BCUT2D eigenvalue weighted by Gasteiger charge is 2.24. The molecule has 0 saturated heterocycles. The lowest BCUT2D eigenvalue weighted by atomic mass is 10.1. The van der Waals surface area contributed by atoms with E-state index in [0.717, 1.165) is 18.2 Å². The van der Waals surface area contributed by atoms with Crippen molar-refractivity contribution in [2.24, 2.45) is 0 Å². The third-order valence-electron chi connectivity index (χ3n) is 4.85. The van der Waals surface area contributed by atoms with Gasteiger partial charge in [0.25, 0.3) is 5.69 Å². The maximum absolute atomic E-state index is 11.5. The van der Waals surface area contributed by atoms with Gasteiger partial charge in [-0.1, -0.05) is 12.1 Å². The Morgan fingerprint density at radius 2 is 1.92 bits per heavy atom. The lowest BCUT2D eigenvalue weighted by molar-refractivity contribution is -0.394. The van der Waals surface area contributed by atoms with E-state index in [9.17, 15) is 25.5 Å². The van der Waals surface area contributed by atoms with Crippen LogP contribution in [0.15, 0.2) is 59.0 Å². The maximum atomic E-state index is 11.5. The predicted octanol–water partition coefficient (Wildman–Crippen LogP) is 6.50. The van der Waals surface area contributed by atoms with E-state index in [1.165, 1.54) is 0 Å². The number of hydrogen-bond donors (Lipinski definition) is 0. The molecule has 0 saturated carbocycles. The lowest BCUT2D eigenvalue weighted by Crippen LogP contribution is -2.00. The number of halogens is 1. The van der Waals surface area contributed by atoms with Gasteiger partial charge in [0.05, 0.1) is 26.1 Å². The third-order valence-corrected chi connectivity index (χ3v) is 5.65. The molecule has 1 aromatic heterocycles. The Hall–Kier alpha value is -4.51. The van der Waals surface area contributed by atoms with Crippen LogP contribution in [0.1, 0.15) is 18.4 Å². The van der Waals surface area contributed by atoms with Crippen molar-refractivity contribution in [1.82, 2.24) is 4.98 Å². The first-order chi connectivity index (χ1) is 17.3. The number of rotatable bonds is 8. The smallest absolute Gasteiger partial charge is 0.318 e. The summed E-state index contributed by atoms with van der Waals surface area (Å²) in [5, 5.41) is 32.2. The summed E-state index contributed by atoms with van der Waals surface area (Å²) in [5.74, 6) is 0.426. The third kappa shape index (κ3) is 5.10. The SMILES string of the molecule is CCOc1cc(/C=C(\C#N)c2nc3ccccc3o2)cc(I)c1Oc1ccc([N+](=O)[O-])cc1[N+](=O)[O-]. The van der Waals surface area contributed by atoms with E-state index in [1.807, 2.05) is 28.7 Å². The van der Waals surface area contributed by atoms with E-state index >= 15 is 0 Å². The summed E-state index contributed by atoms with van der Waals surface area (Å²) < 4.78 is 17.7. The fourth-order valence-electron chi connectivity index (χ4n) is 3.29. The van der Waals surface area contributed by atoms with Gasteiger partial charge in [-0.2, -0.15) is 5.26 Å². The summed E-state index contributed by atoms with van der Waals surface area (Å²) in [6, 6.07) is 15.6. The van der Waals surface area contributed by atoms with Gasteiger partial charge in [0.1, 0.15) is 17.2 Å². The van der Waals surface area contributed by atoms with Crippen molar-refractivity contribution in [1.29, 1.82) is 5.26 Å². The van der Waals surface area contributed by atoms with Crippen LogP contribution in [0.5, 0.6) is 17.2 Å². The standard InChI is InChI=1S/C24H15IN4O7/c1-2-34-22-11-14(9-15(13-26)24-27-18-5-3-4-6-20(18)36-24)10-17(25)23(22)35-21-8-7-16(28(30)31)12-19(21)29(32)33/h3-12H,2H2,1H3/b15-9+. The van der Waals surface area contributed by atoms with Gasteiger partial charge in [-0.05, 0) is 71.5 Å². The number of para-hydroxylation sites is 2. The predicted molar refractivity (Wildman–Crippen MR) is 138 cm³/mol. The molecule has 0 radical (unpaired) electrons. The number of nitro groups is 2. The average Bonchev–Trinajstić information content (AvgIpc) is 3.28. The molecule has 0 bridgehead atoms. The van der Waals surface area contributed by atoms with E-state index in [-0.39, 0.29) is 35.3 Å². The maximum Gasteiger partial charge on any atom is 0.318 e. The van der Waals surface area contributed by atoms with Crippen LogP contribution in [0.25, 0.3) is 22.7 Å². The molecule has 0 unspecified atom stereocenters. The van der Waals surface area contributed by atoms with E-state index in [0.29, 0.717) is 20.2 Å². The highest BCUT2D eigenvalue weighted by molar-refractivity contribution is 14.1. The molecule has 0 N–H and O–H groups in total. The van der Waals surface area contributed by atoms with Crippen LogP contribution in [0.2, 0.25) is 0 Å². The molecule has 3 aromatic carbocycles. The molecule has 180 valence electrons. The minimum atomic E-state index is -0.758. The van der Waals surface area contributed by atoms with Gasteiger partial charge in [0.15, 0.2) is 17.1 Å². The first kappa shape index (κ1) is 24.6. The Labute approximate surface area is 217 Å². The van der Waals surface area contributed by atoms with E-state index in [2.05, 4.69) is 11.1 Å². The molecule has 0 aliphatic rings. The Morgan fingerprint density at radius 1 is 1.14 bits per heavy atom. The zero-order valence-electron chi connectivity index (χ0n) is 18.5. The van der Waals surface area contributed by atoms with Gasteiger partial charge in [0, 0.05) is 6.07 Å². The first-order valence-electron chi connectivity index (χ1n) is 10.4. The van der Waals surface area contributed by atoms with Crippen molar-refractivity contribution in [3.63, 3.8) is 0 Å². The van der Waals surface area contributed by atoms with Crippen molar-refractivity contribution in [2.45, 2.75) is 6.92 Å². The molecule has 4 rings (SSSR count). The van der Waals surface area contributed by atoms with Crippen molar-refractivity contribution < 1.29 is 23.7 Å². The van der Waals surface area contributed by atoms with E-state index in [4.69, 9.17) is 13.9 Å². The van der Waals surface area contributed by atoms with Crippen LogP contribution < -0.4 is 9.47 Å². The molecular weight excluding hydrogens is 583 g/mol. The van der Waals surface area contributed by atoms with Crippen LogP contribution >= 0.6 is 22.6 Å². The Kier molecular flexibility index (Phi) is 7.11. The largest absolute Gasteiger partial charge is 0.490 e. The molecule has 11 nitrogen and oxygen atoms in total. The quantitative estimate of drug-likeness (QED) is 0.0956.